The van der Waals surface area contributed by atoms with E-state index in [4.69, 9.17) is 0 Å². The first-order valence-corrected chi connectivity index (χ1v) is 10.0. The van der Waals surface area contributed by atoms with Gasteiger partial charge in [-0.3, -0.25) is 4.79 Å². The van der Waals surface area contributed by atoms with Gasteiger partial charge < -0.3 is 0 Å². The highest BCUT2D eigenvalue weighted by atomic mass is 32.2. The molecule has 0 saturated carbocycles. The van der Waals surface area contributed by atoms with E-state index in [0.717, 1.165) is 17.4 Å². The number of carbonyl (C=O) groups excluding carboxylic acids is 1. The lowest BCUT2D eigenvalue weighted by atomic mass is 9.95. The third kappa shape index (κ3) is 4.16. The Hall–Kier alpha value is -2.98. The molecule has 0 amide bonds. The monoisotopic (exact) mass is 362 g/mol. The van der Waals surface area contributed by atoms with Crippen LogP contribution in [0.25, 0.3) is 11.6 Å². The molecule has 0 heterocycles. The van der Waals surface area contributed by atoms with Crippen molar-refractivity contribution in [3.05, 3.63) is 102 Å². The van der Waals surface area contributed by atoms with Gasteiger partial charge in [-0.1, -0.05) is 60.7 Å². The number of benzene rings is 3. The van der Waals surface area contributed by atoms with E-state index in [9.17, 15) is 13.2 Å². The van der Waals surface area contributed by atoms with Crippen molar-refractivity contribution in [2.75, 3.05) is 6.26 Å². The van der Waals surface area contributed by atoms with Gasteiger partial charge in [0.25, 0.3) is 0 Å². The van der Waals surface area contributed by atoms with E-state index in [1.165, 1.54) is 12.1 Å². The second-order valence-corrected chi connectivity index (χ2v) is 7.98. The highest BCUT2D eigenvalue weighted by Gasteiger charge is 2.16. The molecule has 0 aliphatic carbocycles. The van der Waals surface area contributed by atoms with E-state index in [1.807, 2.05) is 66.7 Å². The maximum atomic E-state index is 13.1. The van der Waals surface area contributed by atoms with Crippen molar-refractivity contribution >= 4 is 27.3 Å². The van der Waals surface area contributed by atoms with Gasteiger partial charge in [0.05, 0.1) is 4.90 Å². The normalized spacial score (nSPS) is 12.0. The first-order chi connectivity index (χ1) is 12.4. The number of carbonyl (C=O) groups is 1. The molecule has 3 aromatic rings. The largest absolute Gasteiger partial charge is 0.289 e. The van der Waals surface area contributed by atoms with Crippen molar-refractivity contribution in [1.82, 2.24) is 0 Å². The maximum Gasteiger partial charge on any atom is 0.193 e. The van der Waals surface area contributed by atoms with Crippen LogP contribution in [0.5, 0.6) is 0 Å². The van der Waals surface area contributed by atoms with Crippen LogP contribution in [-0.4, -0.2) is 20.5 Å². The second kappa shape index (κ2) is 7.50. The molecule has 3 aromatic carbocycles. The molecule has 0 atom stereocenters. The van der Waals surface area contributed by atoms with E-state index in [-0.39, 0.29) is 10.7 Å². The summed E-state index contributed by atoms with van der Waals surface area (Å²) < 4.78 is 23.2. The predicted octanol–water partition coefficient (Wildman–Crippen LogP) is 4.51. The standard InChI is InChI=1S/C22H18O3S/c1-26(24,25)20-14-12-19(13-15-20)22(23)21(18-10-6-3-7-11-18)16-17-8-4-2-5-9-17/h2-16H,1H3/b21-16+. The van der Waals surface area contributed by atoms with E-state index >= 15 is 0 Å². The molecule has 0 aliphatic heterocycles. The zero-order chi connectivity index (χ0) is 18.6. The number of hydrogen-bond donors (Lipinski definition) is 0. The van der Waals surface area contributed by atoms with Crippen LogP contribution in [0.2, 0.25) is 0 Å². The average molecular weight is 362 g/mol. The molecule has 0 radical (unpaired) electrons. The molecule has 0 fully saturated rings. The summed E-state index contributed by atoms with van der Waals surface area (Å²) in [6, 6.07) is 25.1. The fraction of sp³-hybridized carbons (Fsp3) is 0.0455. The van der Waals surface area contributed by atoms with Crippen LogP contribution in [-0.2, 0) is 9.84 Å². The van der Waals surface area contributed by atoms with E-state index in [2.05, 4.69) is 0 Å². The smallest absolute Gasteiger partial charge is 0.193 e. The number of hydrogen-bond acceptors (Lipinski definition) is 3. The summed E-state index contributed by atoms with van der Waals surface area (Å²) in [4.78, 5) is 13.3. The van der Waals surface area contributed by atoms with Crippen molar-refractivity contribution in [1.29, 1.82) is 0 Å². The summed E-state index contributed by atoms with van der Waals surface area (Å²) >= 11 is 0. The van der Waals surface area contributed by atoms with Crippen LogP contribution >= 0.6 is 0 Å². The van der Waals surface area contributed by atoms with Crippen molar-refractivity contribution in [2.24, 2.45) is 0 Å². The Balaban J connectivity index is 2.05. The summed E-state index contributed by atoms with van der Waals surface area (Å²) in [7, 11) is -3.29. The highest BCUT2D eigenvalue weighted by molar-refractivity contribution is 7.90. The summed E-state index contributed by atoms with van der Waals surface area (Å²) in [5, 5.41) is 0. The Bertz CT molecular complexity index is 1030. The zero-order valence-corrected chi connectivity index (χ0v) is 15.1. The molecule has 0 unspecified atom stereocenters. The molecule has 0 aliphatic rings. The fourth-order valence-corrected chi connectivity index (χ4v) is 3.25. The zero-order valence-electron chi connectivity index (χ0n) is 14.3. The minimum absolute atomic E-state index is 0.153. The van der Waals surface area contributed by atoms with Gasteiger partial charge in [-0.25, -0.2) is 8.42 Å². The number of sulfone groups is 1. The van der Waals surface area contributed by atoms with Crippen molar-refractivity contribution in [3.63, 3.8) is 0 Å². The minimum Gasteiger partial charge on any atom is -0.289 e. The quantitative estimate of drug-likeness (QED) is 0.381. The highest BCUT2D eigenvalue weighted by Crippen LogP contribution is 2.23. The van der Waals surface area contributed by atoms with Gasteiger partial charge in [-0.15, -0.1) is 0 Å². The average Bonchev–Trinajstić information content (AvgIpc) is 2.66. The Morgan fingerprint density at radius 1 is 0.731 bits per heavy atom. The van der Waals surface area contributed by atoms with Crippen molar-refractivity contribution in [3.8, 4) is 0 Å². The van der Waals surface area contributed by atoms with Crippen LogP contribution in [0.15, 0.2) is 89.8 Å². The van der Waals surface area contributed by atoms with Gasteiger partial charge in [0.1, 0.15) is 0 Å². The summed E-state index contributed by atoms with van der Waals surface area (Å²) in [5.74, 6) is -0.153. The molecular formula is C22H18O3S. The van der Waals surface area contributed by atoms with Gasteiger partial charge >= 0.3 is 0 Å². The van der Waals surface area contributed by atoms with Crippen molar-refractivity contribution < 1.29 is 13.2 Å². The van der Waals surface area contributed by atoms with Crippen LogP contribution in [0.4, 0.5) is 0 Å². The molecule has 4 heteroatoms. The first kappa shape index (κ1) is 17.8. The van der Waals surface area contributed by atoms with Gasteiger partial charge in [0.2, 0.25) is 0 Å². The third-order valence-corrected chi connectivity index (χ3v) is 5.11. The predicted molar refractivity (Wildman–Crippen MR) is 105 cm³/mol. The molecule has 0 N–H and O–H groups in total. The fourth-order valence-electron chi connectivity index (χ4n) is 2.62. The SMILES string of the molecule is CS(=O)(=O)c1ccc(C(=O)/C(=C/c2ccccc2)c2ccccc2)cc1. The molecule has 3 rings (SSSR count). The number of rotatable bonds is 5. The van der Waals surface area contributed by atoms with Crippen molar-refractivity contribution in [2.45, 2.75) is 4.90 Å². The lowest BCUT2D eigenvalue weighted by Gasteiger charge is -2.09. The number of ketones is 1. The third-order valence-electron chi connectivity index (χ3n) is 3.98. The topological polar surface area (TPSA) is 51.2 Å². The summed E-state index contributed by atoms with van der Waals surface area (Å²) in [5.41, 5.74) is 2.74. The van der Waals surface area contributed by atoms with Crippen LogP contribution in [0.3, 0.4) is 0 Å². The molecule has 130 valence electrons. The molecule has 0 spiro atoms. The number of Topliss-reactive ketones (excluding diaryl/α,β-unsaturated/α-hetero) is 1. The Labute approximate surface area is 153 Å². The molecule has 3 nitrogen and oxygen atoms in total. The Morgan fingerprint density at radius 2 is 1.27 bits per heavy atom. The van der Waals surface area contributed by atoms with Gasteiger partial charge in [-0.05, 0) is 41.5 Å². The second-order valence-electron chi connectivity index (χ2n) is 5.96. The molecule has 26 heavy (non-hydrogen) atoms. The first-order valence-electron chi connectivity index (χ1n) is 8.12. The molecule has 0 bridgehead atoms. The Kier molecular flexibility index (Phi) is 5.14. The molecule has 0 saturated heterocycles. The Morgan fingerprint density at radius 3 is 1.81 bits per heavy atom. The summed E-state index contributed by atoms with van der Waals surface area (Å²) in [6.45, 7) is 0. The van der Waals surface area contributed by atoms with Gasteiger partial charge in [0, 0.05) is 17.4 Å². The molecule has 0 aromatic heterocycles. The van der Waals surface area contributed by atoms with E-state index in [0.29, 0.717) is 11.1 Å². The van der Waals surface area contributed by atoms with Gasteiger partial charge in [0.15, 0.2) is 15.6 Å². The minimum atomic E-state index is -3.29. The maximum absolute atomic E-state index is 13.1. The van der Waals surface area contributed by atoms with E-state index < -0.39 is 9.84 Å². The molecular weight excluding hydrogens is 344 g/mol. The van der Waals surface area contributed by atoms with Crippen LogP contribution < -0.4 is 0 Å². The lowest BCUT2D eigenvalue weighted by molar-refractivity contribution is 0.105. The van der Waals surface area contributed by atoms with Crippen LogP contribution in [0.1, 0.15) is 21.5 Å². The van der Waals surface area contributed by atoms with Crippen LogP contribution in [0, 0.1) is 0 Å². The summed E-state index contributed by atoms with van der Waals surface area (Å²) in [6.07, 6.45) is 3.00. The van der Waals surface area contributed by atoms with Gasteiger partial charge in [-0.2, -0.15) is 0 Å². The number of allylic oxidation sites excluding steroid dienone is 1. The van der Waals surface area contributed by atoms with E-state index in [1.54, 1.807) is 12.1 Å². The lowest BCUT2D eigenvalue weighted by Crippen LogP contribution is -2.04.